The molecule has 0 aliphatic rings. The van der Waals surface area contributed by atoms with Crippen molar-refractivity contribution in [2.75, 3.05) is 19.6 Å². The molecular formula is C21H29N3O2S. The van der Waals surface area contributed by atoms with Crippen LogP contribution in [0.15, 0.2) is 29.6 Å². The Hall–Kier alpha value is -2.21. The van der Waals surface area contributed by atoms with Gasteiger partial charge in [0, 0.05) is 43.4 Å². The van der Waals surface area contributed by atoms with E-state index in [0.29, 0.717) is 25.8 Å². The zero-order valence-electron chi connectivity index (χ0n) is 16.5. The molecule has 0 fully saturated rings. The number of aryl methyl sites for hydroxylation is 1. The number of amides is 2. The molecule has 2 amide bonds. The second-order valence-corrected chi connectivity index (χ2v) is 7.53. The first kappa shape index (κ1) is 21.1. The zero-order chi connectivity index (χ0) is 19.6. The van der Waals surface area contributed by atoms with E-state index in [1.54, 1.807) is 16.2 Å². The monoisotopic (exact) mass is 387 g/mol. The Kier molecular flexibility index (Phi) is 8.45. The summed E-state index contributed by atoms with van der Waals surface area (Å²) in [5.41, 5.74) is 3.31. The van der Waals surface area contributed by atoms with Crippen LogP contribution in [0.3, 0.4) is 0 Å². The normalized spacial score (nSPS) is 10.6. The Morgan fingerprint density at radius 2 is 1.81 bits per heavy atom. The maximum absolute atomic E-state index is 11.9. The molecule has 0 saturated carbocycles. The van der Waals surface area contributed by atoms with E-state index in [2.05, 4.69) is 39.9 Å². The maximum atomic E-state index is 11.9. The average Bonchev–Trinajstić information content (AvgIpc) is 3.10. The summed E-state index contributed by atoms with van der Waals surface area (Å²) in [6, 6.07) is 8.31. The first-order chi connectivity index (χ1) is 13.0. The molecular weight excluding hydrogens is 358 g/mol. The summed E-state index contributed by atoms with van der Waals surface area (Å²) in [5, 5.41) is 6.07. The van der Waals surface area contributed by atoms with E-state index >= 15 is 0 Å². The number of thiazole rings is 1. The summed E-state index contributed by atoms with van der Waals surface area (Å²) >= 11 is 1.65. The molecule has 2 rings (SSSR count). The summed E-state index contributed by atoms with van der Waals surface area (Å²) in [7, 11) is 0. The van der Waals surface area contributed by atoms with Crippen molar-refractivity contribution in [3.8, 4) is 11.3 Å². The number of nitrogens with one attached hydrogen (secondary N) is 1. The highest BCUT2D eigenvalue weighted by Gasteiger charge is 2.10. The molecule has 27 heavy (non-hydrogen) atoms. The molecule has 5 nitrogen and oxygen atoms in total. The zero-order valence-corrected chi connectivity index (χ0v) is 17.3. The quantitative estimate of drug-likeness (QED) is 0.674. The molecule has 2 aromatic rings. The van der Waals surface area contributed by atoms with Crippen molar-refractivity contribution in [1.82, 2.24) is 15.2 Å². The molecule has 0 spiro atoms. The van der Waals surface area contributed by atoms with Crippen molar-refractivity contribution in [2.24, 2.45) is 0 Å². The minimum atomic E-state index is 0.0110. The summed E-state index contributed by atoms with van der Waals surface area (Å²) in [4.78, 5) is 30.1. The lowest BCUT2D eigenvalue weighted by Gasteiger charge is -2.18. The molecule has 0 radical (unpaired) electrons. The Morgan fingerprint density at radius 3 is 2.41 bits per heavy atom. The fourth-order valence-electron chi connectivity index (χ4n) is 2.91. The van der Waals surface area contributed by atoms with Gasteiger partial charge in [-0.3, -0.25) is 9.59 Å². The molecule has 6 heteroatoms. The predicted octanol–water partition coefficient (Wildman–Crippen LogP) is 3.82. The van der Waals surface area contributed by atoms with E-state index < -0.39 is 0 Å². The van der Waals surface area contributed by atoms with Crippen molar-refractivity contribution >= 4 is 23.2 Å². The van der Waals surface area contributed by atoms with Crippen LogP contribution < -0.4 is 5.32 Å². The third-order valence-corrected chi connectivity index (χ3v) is 5.29. The highest BCUT2D eigenvalue weighted by Crippen LogP contribution is 2.21. The lowest BCUT2D eigenvalue weighted by Crippen LogP contribution is -2.31. The third-order valence-electron chi connectivity index (χ3n) is 4.52. The Balaban J connectivity index is 1.67. The minimum absolute atomic E-state index is 0.0110. The lowest BCUT2D eigenvalue weighted by molar-refractivity contribution is -0.131. The first-order valence-corrected chi connectivity index (χ1v) is 10.5. The van der Waals surface area contributed by atoms with Crippen molar-refractivity contribution in [1.29, 1.82) is 0 Å². The van der Waals surface area contributed by atoms with Crippen LogP contribution in [0.4, 0.5) is 0 Å². The second kappa shape index (κ2) is 10.8. The van der Waals surface area contributed by atoms with Gasteiger partial charge in [-0.05, 0) is 39.2 Å². The molecule has 0 aliphatic heterocycles. The third kappa shape index (κ3) is 6.79. The predicted molar refractivity (Wildman–Crippen MR) is 111 cm³/mol. The molecule has 0 saturated heterocycles. The fourth-order valence-corrected chi connectivity index (χ4v) is 3.53. The van der Waals surface area contributed by atoms with Gasteiger partial charge in [0.2, 0.25) is 11.8 Å². The van der Waals surface area contributed by atoms with Gasteiger partial charge in [-0.1, -0.05) is 24.3 Å². The van der Waals surface area contributed by atoms with Crippen molar-refractivity contribution in [3.05, 3.63) is 40.2 Å². The van der Waals surface area contributed by atoms with Crippen LogP contribution in [-0.4, -0.2) is 41.3 Å². The highest BCUT2D eigenvalue weighted by molar-refractivity contribution is 7.09. The van der Waals surface area contributed by atoms with Crippen LogP contribution in [0, 0.1) is 6.92 Å². The van der Waals surface area contributed by atoms with Crippen molar-refractivity contribution in [2.45, 2.75) is 46.5 Å². The highest BCUT2D eigenvalue weighted by atomic mass is 32.1. The molecule has 0 atom stereocenters. The van der Waals surface area contributed by atoms with E-state index in [4.69, 9.17) is 0 Å². The number of hydrogen-bond donors (Lipinski definition) is 1. The van der Waals surface area contributed by atoms with E-state index in [1.807, 2.05) is 20.8 Å². The number of benzene rings is 1. The summed E-state index contributed by atoms with van der Waals surface area (Å²) in [6.45, 7) is 8.00. The van der Waals surface area contributed by atoms with Crippen LogP contribution >= 0.6 is 11.3 Å². The summed E-state index contributed by atoms with van der Waals surface area (Å²) < 4.78 is 0. The Bertz CT molecular complexity index is 736. The topological polar surface area (TPSA) is 62.3 Å². The van der Waals surface area contributed by atoms with Crippen molar-refractivity contribution < 1.29 is 9.59 Å². The van der Waals surface area contributed by atoms with Gasteiger partial charge in [0.1, 0.15) is 0 Å². The van der Waals surface area contributed by atoms with Gasteiger partial charge in [-0.2, -0.15) is 0 Å². The van der Waals surface area contributed by atoms with Crippen LogP contribution in [0.25, 0.3) is 11.3 Å². The molecule has 1 aromatic carbocycles. The molecule has 1 heterocycles. The number of carbonyl (C=O) groups excluding carboxylic acids is 2. The number of aromatic nitrogens is 1. The van der Waals surface area contributed by atoms with E-state index in [0.717, 1.165) is 35.8 Å². The van der Waals surface area contributed by atoms with Gasteiger partial charge >= 0.3 is 0 Å². The van der Waals surface area contributed by atoms with Gasteiger partial charge < -0.3 is 10.2 Å². The minimum Gasteiger partial charge on any atom is -0.356 e. The molecule has 1 aromatic heterocycles. The van der Waals surface area contributed by atoms with Crippen LogP contribution in [0.1, 0.15) is 43.7 Å². The standard InChI is InChI=1S/C21H29N3O2S/c1-4-24(5-2)21(26)8-6-7-20(25)22-14-13-17-9-11-18(12-10-17)19-15-27-16(3)23-19/h9-12,15H,4-8,13-14H2,1-3H3,(H,22,25). The van der Waals surface area contributed by atoms with Crippen LogP contribution in [-0.2, 0) is 16.0 Å². The SMILES string of the molecule is CCN(CC)C(=O)CCCC(=O)NCCc1ccc(-c2csc(C)n2)cc1. The Labute approximate surface area is 165 Å². The fraction of sp³-hybridized carbons (Fsp3) is 0.476. The van der Waals surface area contributed by atoms with Crippen molar-refractivity contribution in [3.63, 3.8) is 0 Å². The molecule has 0 bridgehead atoms. The van der Waals surface area contributed by atoms with Crippen LogP contribution in [0.2, 0.25) is 0 Å². The van der Waals surface area contributed by atoms with Gasteiger partial charge in [-0.25, -0.2) is 4.98 Å². The van der Waals surface area contributed by atoms with Crippen LogP contribution in [0.5, 0.6) is 0 Å². The second-order valence-electron chi connectivity index (χ2n) is 6.47. The van der Waals surface area contributed by atoms with E-state index in [9.17, 15) is 9.59 Å². The molecule has 0 unspecified atom stereocenters. The van der Waals surface area contributed by atoms with E-state index in [-0.39, 0.29) is 11.8 Å². The van der Waals surface area contributed by atoms with Gasteiger partial charge in [0.25, 0.3) is 0 Å². The molecule has 146 valence electrons. The summed E-state index contributed by atoms with van der Waals surface area (Å²) in [5.74, 6) is 0.139. The lowest BCUT2D eigenvalue weighted by atomic mass is 10.1. The smallest absolute Gasteiger partial charge is 0.222 e. The van der Waals surface area contributed by atoms with Gasteiger partial charge in [-0.15, -0.1) is 11.3 Å². The largest absolute Gasteiger partial charge is 0.356 e. The maximum Gasteiger partial charge on any atom is 0.222 e. The average molecular weight is 388 g/mol. The molecule has 1 N–H and O–H groups in total. The number of carbonyl (C=O) groups is 2. The van der Waals surface area contributed by atoms with Gasteiger partial charge in [0.05, 0.1) is 10.7 Å². The Morgan fingerprint density at radius 1 is 1.11 bits per heavy atom. The van der Waals surface area contributed by atoms with E-state index in [1.165, 1.54) is 5.56 Å². The summed E-state index contributed by atoms with van der Waals surface area (Å²) in [6.07, 6.45) is 2.23. The number of rotatable bonds is 10. The number of hydrogen-bond acceptors (Lipinski definition) is 4. The first-order valence-electron chi connectivity index (χ1n) is 9.59. The number of nitrogens with zero attached hydrogens (tertiary/aromatic N) is 2. The molecule has 0 aliphatic carbocycles. The van der Waals surface area contributed by atoms with Gasteiger partial charge in [0.15, 0.2) is 0 Å².